The maximum atomic E-state index is 12.6. The predicted octanol–water partition coefficient (Wildman–Crippen LogP) is -2.69. The summed E-state index contributed by atoms with van der Waals surface area (Å²) >= 11 is 0. The third-order valence-electron chi connectivity index (χ3n) is 6.47. The van der Waals surface area contributed by atoms with Gasteiger partial charge in [-0.3, -0.25) is 23.2 Å². The molecule has 0 radical (unpaired) electrons. The molecule has 1 aliphatic heterocycles. The molecule has 2 amide bonds. The molecule has 1 aromatic rings. The summed E-state index contributed by atoms with van der Waals surface area (Å²) in [6, 6.07) is 0. The number of amides is 2. The highest BCUT2D eigenvalue weighted by Crippen LogP contribution is 2.45. The number of aliphatic hydroxyl groups is 1. The second-order valence-corrected chi connectivity index (χ2v) is 12.8. The van der Waals surface area contributed by atoms with E-state index in [-0.39, 0.29) is 50.2 Å². The van der Waals surface area contributed by atoms with E-state index in [0.29, 0.717) is 58.2 Å². The molecule has 24 heteroatoms. The molecule has 1 unspecified atom stereocenters. The zero-order valence-electron chi connectivity index (χ0n) is 26.8. The fraction of sp³-hybridized carbons (Fsp3) is 0.760. The quantitative estimate of drug-likeness (QED) is 0.0373. The highest BCUT2D eigenvalue weighted by atomic mass is 31.2. The van der Waals surface area contributed by atoms with E-state index in [1.807, 2.05) is 0 Å². The van der Waals surface area contributed by atoms with Gasteiger partial charge in [-0.2, -0.15) is 4.98 Å². The number of nitrogens with zero attached hydrogens (tertiary/aromatic N) is 2. The fourth-order valence-electron chi connectivity index (χ4n) is 4.26. The van der Waals surface area contributed by atoms with Crippen LogP contribution < -0.4 is 22.1 Å². The second-order valence-electron chi connectivity index (χ2n) is 10.4. The van der Waals surface area contributed by atoms with Crippen molar-refractivity contribution in [1.29, 1.82) is 0 Å². The molecule has 1 aliphatic rings. The summed E-state index contributed by atoms with van der Waals surface area (Å²) in [6.07, 6.45) is -5.13. The summed E-state index contributed by atoms with van der Waals surface area (Å²) in [6.45, 7) is 3.87. The summed E-state index contributed by atoms with van der Waals surface area (Å²) in [5, 5.41) is 16.0. The minimum atomic E-state index is -5.23. The molecular weight excluding hydrogens is 704 g/mol. The van der Waals surface area contributed by atoms with Crippen LogP contribution in [0.25, 0.3) is 0 Å². The zero-order chi connectivity index (χ0) is 36.5. The lowest BCUT2D eigenvalue weighted by molar-refractivity contribution is -0.122. The first kappa shape index (κ1) is 42.8. The number of aryl methyl sites for hydroxylation is 1. The van der Waals surface area contributed by atoms with Gasteiger partial charge < -0.3 is 64.7 Å². The van der Waals surface area contributed by atoms with E-state index in [9.17, 15) is 38.4 Å². The molecule has 0 aromatic carbocycles. The lowest BCUT2D eigenvalue weighted by atomic mass is 10.1. The highest BCUT2D eigenvalue weighted by molar-refractivity contribution is 7.46. The van der Waals surface area contributed by atoms with Crippen LogP contribution in [-0.2, 0) is 57.9 Å². The number of phosphoric acid groups is 2. The van der Waals surface area contributed by atoms with Crippen LogP contribution in [0.15, 0.2) is 11.0 Å². The van der Waals surface area contributed by atoms with Crippen LogP contribution in [0.4, 0.5) is 5.82 Å². The van der Waals surface area contributed by atoms with E-state index in [1.165, 1.54) is 13.1 Å². The fourth-order valence-corrected chi connectivity index (χ4v) is 5.18. The molecule has 1 aromatic heterocycles. The highest BCUT2D eigenvalue weighted by Gasteiger charge is 2.49. The average molecular weight is 750 g/mol. The first-order chi connectivity index (χ1) is 23.1. The predicted molar refractivity (Wildman–Crippen MR) is 166 cm³/mol. The Kier molecular flexibility index (Phi) is 19.0. The van der Waals surface area contributed by atoms with Gasteiger partial charge in [0.1, 0.15) is 24.1 Å². The van der Waals surface area contributed by atoms with Crippen LogP contribution >= 0.6 is 15.6 Å². The molecule has 1 fully saturated rings. The van der Waals surface area contributed by atoms with Crippen molar-refractivity contribution in [2.24, 2.45) is 0 Å². The van der Waals surface area contributed by atoms with E-state index < -0.39 is 52.5 Å². The minimum Gasteiger partial charge on any atom is -0.386 e. The van der Waals surface area contributed by atoms with Gasteiger partial charge in [-0.1, -0.05) is 0 Å². The monoisotopic (exact) mass is 749 g/mol. The van der Waals surface area contributed by atoms with Crippen LogP contribution in [0.1, 0.15) is 31.6 Å². The second kappa shape index (κ2) is 21.7. The van der Waals surface area contributed by atoms with E-state index >= 15 is 0 Å². The number of anilines is 1. The Labute approximate surface area is 281 Å². The number of nitrogens with one attached hydrogen (secondary N) is 2. The molecule has 0 aliphatic carbocycles. The van der Waals surface area contributed by atoms with E-state index in [2.05, 4.69) is 24.7 Å². The Bertz CT molecular complexity index is 1330. The molecular formula is C25H45N5O17P2. The lowest BCUT2D eigenvalue weighted by Gasteiger charge is -2.21. The first-order valence-corrected chi connectivity index (χ1v) is 18.1. The molecule has 2 rings (SSSR count). The van der Waals surface area contributed by atoms with Crippen molar-refractivity contribution in [1.82, 2.24) is 20.2 Å². The van der Waals surface area contributed by atoms with Crippen molar-refractivity contribution in [3.05, 3.63) is 22.2 Å². The van der Waals surface area contributed by atoms with Crippen molar-refractivity contribution in [2.45, 2.75) is 50.7 Å². The number of nitrogen functional groups attached to an aromatic ring is 1. The summed E-state index contributed by atoms with van der Waals surface area (Å²) in [5.41, 5.74) is 5.19. The Morgan fingerprint density at radius 2 is 1.53 bits per heavy atom. The van der Waals surface area contributed by atoms with E-state index in [1.54, 1.807) is 0 Å². The van der Waals surface area contributed by atoms with E-state index in [4.69, 9.17) is 39.2 Å². The molecule has 9 N–H and O–H groups in total. The van der Waals surface area contributed by atoms with Gasteiger partial charge in [0.25, 0.3) is 0 Å². The number of carbonyl (C=O) groups is 2. The Balaban J connectivity index is 1.68. The SMILES string of the molecule is CC(=O)NCCOCCOCCOCCOCCC(=O)NCCCc1cn([C@@H]2O[C@H](COP(=O)(O)O)[C@H](OP(=O)(O)O)C2O)c(=O)nc1N. The van der Waals surface area contributed by atoms with Crippen LogP contribution in [0.2, 0.25) is 0 Å². The van der Waals surface area contributed by atoms with Gasteiger partial charge >= 0.3 is 21.3 Å². The Morgan fingerprint density at radius 1 is 0.939 bits per heavy atom. The van der Waals surface area contributed by atoms with Crippen LogP contribution in [0.5, 0.6) is 0 Å². The Morgan fingerprint density at radius 3 is 2.10 bits per heavy atom. The summed E-state index contributed by atoms with van der Waals surface area (Å²) < 4.78 is 59.1. The standard InChI is InChI=1S/C25H45N5O17P2/c1-17(31)27-6-8-42-10-12-44-14-13-43-11-9-41-7-4-20(32)28-5-2-3-18-15-30(25(34)29-23(18)26)24-21(33)22(47-49(38,39)40)19(46-24)16-45-48(35,36)37/h15,19,21-22,24,33H,2-14,16H2,1H3,(H,27,31)(H,28,32)(H2,26,29,34)(H2,35,36,37)(H2,38,39,40)/t19-,21?,22+,24-/m1/s1. The van der Waals surface area contributed by atoms with Gasteiger partial charge in [-0.15, -0.1) is 0 Å². The maximum Gasteiger partial charge on any atom is 0.470 e. The zero-order valence-corrected chi connectivity index (χ0v) is 28.6. The average Bonchev–Trinajstić information content (AvgIpc) is 3.29. The number of hydrogen-bond donors (Lipinski definition) is 8. The lowest BCUT2D eigenvalue weighted by Crippen LogP contribution is -2.38. The normalized spacial score (nSPS) is 19.6. The number of aromatic nitrogens is 2. The van der Waals surface area contributed by atoms with Crippen molar-refractivity contribution in [2.75, 3.05) is 78.3 Å². The van der Waals surface area contributed by atoms with Crippen LogP contribution in [0, 0.1) is 0 Å². The molecule has 4 atom stereocenters. The van der Waals surface area contributed by atoms with Crippen molar-refractivity contribution >= 4 is 33.3 Å². The topological polar surface area (TPSA) is 319 Å². The van der Waals surface area contributed by atoms with Gasteiger partial charge in [0.2, 0.25) is 11.8 Å². The molecule has 22 nitrogen and oxygen atoms in total. The molecule has 2 heterocycles. The number of rotatable bonds is 25. The van der Waals surface area contributed by atoms with Gasteiger partial charge in [0.05, 0.1) is 59.5 Å². The number of aliphatic hydroxyl groups excluding tert-OH is 1. The Hall–Kier alpha value is -2.40. The molecule has 1 saturated heterocycles. The van der Waals surface area contributed by atoms with Crippen molar-refractivity contribution < 1.29 is 76.1 Å². The van der Waals surface area contributed by atoms with Gasteiger partial charge in [0, 0.05) is 38.2 Å². The third kappa shape index (κ3) is 17.9. The number of phosphoric ester groups is 2. The number of ether oxygens (including phenoxy) is 5. The first-order valence-electron chi connectivity index (χ1n) is 15.0. The third-order valence-corrected chi connectivity index (χ3v) is 7.47. The number of nitrogens with two attached hydrogens (primary N) is 1. The van der Waals surface area contributed by atoms with Gasteiger partial charge in [0.15, 0.2) is 6.23 Å². The number of hydrogen-bond acceptors (Lipinski definition) is 15. The summed E-state index contributed by atoms with van der Waals surface area (Å²) in [4.78, 5) is 75.5. The number of carbonyl (C=O) groups excluding carboxylic acids is 2. The molecule has 0 bridgehead atoms. The van der Waals surface area contributed by atoms with Gasteiger partial charge in [-0.05, 0) is 12.8 Å². The van der Waals surface area contributed by atoms with Crippen molar-refractivity contribution in [3.63, 3.8) is 0 Å². The van der Waals surface area contributed by atoms with Crippen LogP contribution in [-0.4, -0.2) is 137 Å². The van der Waals surface area contributed by atoms with E-state index in [0.717, 1.165) is 4.57 Å². The smallest absolute Gasteiger partial charge is 0.386 e. The summed E-state index contributed by atoms with van der Waals surface area (Å²) in [5.74, 6) is -0.527. The van der Waals surface area contributed by atoms with Gasteiger partial charge in [-0.25, -0.2) is 13.9 Å². The summed E-state index contributed by atoms with van der Waals surface area (Å²) in [7, 11) is -10.3. The molecule has 49 heavy (non-hydrogen) atoms. The molecule has 0 spiro atoms. The maximum absolute atomic E-state index is 12.6. The molecule has 0 saturated carbocycles. The molecule has 282 valence electrons. The van der Waals surface area contributed by atoms with Crippen LogP contribution in [0.3, 0.4) is 0 Å². The largest absolute Gasteiger partial charge is 0.470 e. The minimum absolute atomic E-state index is 0.0985. The van der Waals surface area contributed by atoms with Crippen molar-refractivity contribution in [3.8, 4) is 0 Å².